The monoisotopic (exact) mass is 226 g/mol. The van der Waals surface area contributed by atoms with Crippen LogP contribution in [0.3, 0.4) is 0 Å². The standard InChI is InChI=1S/C14H26O2/c1-4-5-6-7-8-9-10-11-13(2)12-16-14(3)15/h2,4-12H2,1,3H3. The zero-order chi connectivity index (χ0) is 12.2. The Morgan fingerprint density at radius 3 is 2.19 bits per heavy atom. The fraction of sp³-hybridized carbons (Fsp3) is 0.786. The highest BCUT2D eigenvalue weighted by atomic mass is 16.5. The molecular formula is C14H26O2. The quantitative estimate of drug-likeness (QED) is 0.316. The summed E-state index contributed by atoms with van der Waals surface area (Å²) >= 11 is 0. The van der Waals surface area contributed by atoms with Crippen molar-refractivity contribution < 1.29 is 9.53 Å². The Morgan fingerprint density at radius 2 is 1.62 bits per heavy atom. The third-order valence-corrected chi connectivity index (χ3v) is 2.61. The topological polar surface area (TPSA) is 26.3 Å². The summed E-state index contributed by atoms with van der Waals surface area (Å²) in [6.07, 6.45) is 10.1. The van der Waals surface area contributed by atoms with Crippen molar-refractivity contribution >= 4 is 5.97 Å². The van der Waals surface area contributed by atoms with Gasteiger partial charge < -0.3 is 4.74 Å². The molecule has 0 atom stereocenters. The molecule has 0 amide bonds. The van der Waals surface area contributed by atoms with Gasteiger partial charge in [-0.15, -0.1) is 0 Å². The van der Waals surface area contributed by atoms with Crippen molar-refractivity contribution in [2.45, 2.75) is 65.2 Å². The highest BCUT2D eigenvalue weighted by Gasteiger charge is 1.98. The van der Waals surface area contributed by atoms with Crippen LogP contribution in [0, 0.1) is 0 Å². The number of hydrogen-bond donors (Lipinski definition) is 0. The Labute approximate surface area is 100 Å². The van der Waals surface area contributed by atoms with Crippen LogP contribution in [0.25, 0.3) is 0 Å². The van der Waals surface area contributed by atoms with Crippen molar-refractivity contribution in [1.82, 2.24) is 0 Å². The summed E-state index contributed by atoms with van der Waals surface area (Å²) in [6, 6.07) is 0. The second-order valence-electron chi connectivity index (χ2n) is 4.40. The third-order valence-electron chi connectivity index (χ3n) is 2.61. The molecule has 2 heteroatoms. The van der Waals surface area contributed by atoms with Gasteiger partial charge in [0.25, 0.3) is 0 Å². The molecule has 0 fully saturated rings. The molecule has 0 radical (unpaired) electrons. The van der Waals surface area contributed by atoms with E-state index in [1.807, 2.05) is 0 Å². The van der Waals surface area contributed by atoms with Gasteiger partial charge in [-0.3, -0.25) is 4.79 Å². The lowest BCUT2D eigenvalue weighted by atomic mass is 10.1. The SMILES string of the molecule is C=C(CCCCCCCCC)COC(C)=O. The summed E-state index contributed by atoms with van der Waals surface area (Å²) in [4.78, 5) is 10.6. The van der Waals surface area contributed by atoms with Crippen LogP contribution in [0.4, 0.5) is 0 Å². The van der Waals surface area contributed by atoms with Gasteiger partial charge in [-0.1, -0.05) is 52.0 Å². The lowest BCUT2D eigenvalue weighted by Crippen LogP contribution is -2.02. The summed E-state index contributed by atoms with van der Waals surface area (Å²) in [6.45, 7) is 7.96. The van der Waals surface area contributed by atoms with Gasteiger partial charge in [0.2, 0.25) is 0 Å². The van der Waals surface area contributed by atoms with Crippen molar-refractivity contribution in [2.24, 2.45) is 0 Å². The molecule has 0 saturated carbocycles. The van der Waals surface area contributed by atoms with Gasteiger partial charge in [0.15, 0.2) is 0 Å². The normalized spacial score (nSPS) is 10.1. The van der Waals surface area contributed by atoms with E-state index in [9.17, 15) is 4.79 Å². The maximum absolute atomic E-state index is 10.6. The minimum atomic E-state index is -0.222. The number of unbranched alkanes of at least 4 members (excludes halogenated alkanes) is 6. The van der Waals surface area contributed by atoms with Gasteiger partial charge in [0, 0.05) is 6.92 Å². The van der Waals surface area contributed by atoms with E-state index >= 15 is 0 Å². The van der Waals surface area contributed by atoms with Gasteiger partial charge in [-0.2, -0.15) is 0 Å². The van der Waals surface area contributed by atoms with E-state index in [0.717, 1.165) is 12.0 Å². The minimum Gasteiger partial charge on any atom is -0.461 e. The fourth-order valence-corrected chi connectivity index (χ4v) is 1.61. The molecule has 0 aliphatic carbocycles. The number of hydrogen-bond acceptors (Lipinski definition) is 2. The Balaban J connectivity index is 3.18. The molecule has 0 aromatic rings. The van der Waals surface area contributed by atoms with Crippen LogP contribution in [0.5, 0.6) is 0 Å². The van der Waals surface area contributed by atoms with E-state index in [1.54, 1.807) is 0 Å². The second kappa shape index (κ2) is 10.7. The Morgan fingerprint density at radius 1 is 1.06 bits per heavy atom. The molecule has 0 aliphatic heterocycles. The van der Waals surface area contributed by atoms with Crippen LogP contribution < -0.4 is 0 Å². The number of carbonyl (C=O) groups is 1. The van der Waals surface area contributed by atoms with Crippen molar-refractivity contribution in [2.75, 3.05) is 6.61 Å². The number of carbonyl (C=O) groups excluding carboxylic acids is 1. The first-order chi connectivity index (χ1) is 7.66. The molecule has 0 aliphatic rings. The van der Waals surface area contributed by atoms with Crippen molar-refractivity contribution in [3.63, 3.8) is 0 Å². The molecule has 94 valence electrons. The molecule has 0 spiro atoms. The van der Waals surface area contributed by atoms with Crippen LogP contribution in [-0.2, 0) is 9.53 Å². The molecule has 0 aromatic heterocycles. The minimum absolute atomic E-state index is 0.222. The molecule has 0 bridgehead atoms. The smallest absolute Gasteiger partial charge is 0.302 e. The summed E-state index contributed by atoms with van der Waals surface area (Å²) in [7, 11) is 0. The van der Waals surface area contributed by atoms with Gasteiger partial charge in [0.1, 0.15) is 6.61 Å². The molecule has 0 rings (SSSR count). The predicted octanol–water partition coefficient (Wildman–Crippen LogP) is 4.25. The van der Waals surface area contributed by atoms with Crippen LogP contribution in [0.1, 0.15) is 65.2 Å². The average Bonchev–Trinajstić information content (AvgIpc) is 2.25. The first-order valence-electron chi connectivity index (χ1n) is 6.46. The fourth-order valence-electron chi connectivity index (χ4n) is 1.61. The third kappa shape index (κ3) is 11.3. The molecule has 0 heterocycles. The summed E-state index contributed by atoms with van der Waals surface area (Å²) in [5.41, 5.74) is 1.03. The van der Waals surface area contributed by atoms with E-state index in [-0.39, 0.29) is 5.97 Å². The lowest BCUT2D eigenvalue weighted by molar-refractivity contribution is -0.140. The Kier molecular flexibility index (Phi) is 10.2. The number of ether oxygens (including phenoxy) is 1. The van der Waals surface area contributed by atoms with Crippen LogP contribution in [0.2, 0.25) is 0 Å². The van der Waals surface area contributed by atoms with Crippen LogP contribution in [-0.4, -0.2) is 12.6 Å². The number of esters is 1. The van der Waals surface area contributed by atoms with E-state index in [2.05, 4.69) is 13.5 Å². The van der Waals surface area contributed by atoms with Gasteiger partial charge >= 0.3 is 5.97 Å². The maximum Gasteiger partial charge on any atom is 0.302 e. The van der Waals surface area contributed by atoms with Crippen molar-refractivity contribution in [1.29, 1.82) is 0 Å². The molecule has 0 unspecified atom stereocenters. The largest absolute Gasteiger partial charge is 0.461 e. The van der Waals surface area contributed by atoms with Crippen molar-refractivity contribution in [3.05, 3.63) is 12.2 Å². The van der Waals surface area contributed by atoms with E-state index < -0.39 is 0 Å². The molecular weight excluding hydrogens is 200 g/mol. The van der Waals surface area contributed by atoms with Gasteiger partial charge in [-0.25, -0.2) is 0 Å². The van der Waals surface area contributed by atoms with E-state index in [1.165, 1.54) is 51.9 Å². The highest BCUT2D eigenvalue weighted by Crippen LogP contribution is 2.11. The lowest BCUT2D eigenvalue weighted by Gasteiger charge is -2.05. The van der Waals surface area contributed by atoms with Crippen LogP contribution in [0.15, 0.2) is 12.2 Å². The molecule has 0 N–H and O–H groups in total. The zero-order valence-electron chi connectivity index (χ0n) is 10.9. The Hall–Kier alpha value is -0.790. The van der Waals surface area contributed by atoms with Gasteiger partial charge in [0.05, 0.1) is 0 Å². The molecule has 2 nitrogen and oxygen atoms in total. The van der Waals surface area contributed by atoms with E-state index in [0.29, 0.717) is 6.61 Å². The first kappa shape index (κ1) is 15.2. The highest BCUT2D eigenvalue weighted by molar-refractivity contribution is 5.66. The summed E-state index contributed by atoms with van der Waals surface area (Å²) in [5.74, 6) is -0.222. The van der Waals surface area contributed by atoms with Gasteiger partial charge in [-0.05, 0) is 18.4 Å². The van der Waals surface area contributed by atoms with E-state index in [4.69, 9.17) is 4.74 Å². The summed E-state index contributed by atoms with van der Waals surface area (Å²) in [5, 5.41) is 0. The number of rotatable bonds is 10. The average molecular weight is 226 g/mol. The van der Waals surface area contributed by atoms with Crippen molar-refractivity contribution in [3.8, 4) is 0 Å². The summed E-state index contributed by atoms with van der Waals surface area (Å²) < 4.78 is 4.88. The molecule has 16 heavy (non-hydrogen) atoms. The van der Waals surface area contributed by atoms with Crippen LogP contribution >= 0.6 is 0 Å². The maximum atomic E-state index is 10.6. The first-order valence-corrected chi connectivity index (χ1v) is 6.46. The zero-order valence-corrected chi connectivity index (χ0v) is 10.9. The molecule has 0 saturated heterocycles. The second-order valence-corrected chi connectivity index (χ2v) is 4.40. The predicted molar refractivity (Wildman–Crippen MR) is 68.4 cm³/mol. The Bertz CT molecular complexity index is 197. The molecule has 0 aromatic carbocycles.